The third-order valence-electron chi connectivity index (χ3n) is 1.93. The summed E-state index contributed by atoms with van der Waals surface area (Å²) < 4.78 is 22.7. The summed E-state index contributed by atoms with van der Waals surface area (Å²) in [5, 5.41) is 8.59. The van der Waals surface area contributed by atoms with E-state index in [1.807, 2.05) is 0 Å². The van der Waals surface area contributed by atoms with Crippen molar-refractivity contribution in [1.29, 1.82) is 0 Å². The summed E-state index contributed by atoms with van der Waals surface area (Å²) in [7, 11) is -1.49. The lowest BCUT2D eigenvalue weighted by Gasteiger charge is -2.14. The lowest BCUT2D eigenvalue weighted by atomic mass is 10.5. The Morgan fingerprint density at radius 3 is 2.40 bits per heavy atom. The molecule has 0 aliphatic carbocycles. The Morgan fingerprint density at radius 1 is 1.33 bits per heavy atom. The van der Waals surface area contributed by atoms with E-state index in [0.29, 0.717) is 13.1 Å². The standard InChI is InChI=1S/C8H18N2O4S/c1-10(3-5-11)4-7-15(13,14)6-2-8(9)12/h11H,2-7H2,1H3,(H2,9,12). The average molecular weight is 238 g/mol. The zero-order chi connectivity index (χ0) is 11.9. The van der Waals surface area contributed by atoms with Gasteiger partial charge in [-0.2, -0.15) is 0 Å². The Bertz CT molecular complexity index is 289. The summed E-state index contributed by atoms with van der Waals surface area (Å²) in [5.74, 6) is -0.825. The zero-order valence-corrected chi connectivity index (χ0v) is 9.66. The van der Waals surface area contributed by atoms with E-state index in [1.54, 1.807) is 11.9 Å². The minimum absolute atomic E-state index is 0.00215. The molecule has 0 aliphatic rings. The number of rotatable bonds is 8. The molecule has 6 nitrogen and oxygen atoms in total. The number of primary amides is 1. The fourth-order valence-corrected chi connectivity index (χ4v) is 2.24. The molecule has 3 N–H and O–H groups in total. The molecule has 0 spiro atoms. The predicted octanol–water partition coefficient (Wildman–Crippen LogP) is -1.80. The van der Waals surface area contributed by atoms with Gasteiger partial charge in [-0.15, -0.1) is 0 Å². The minimum Gasteiger partial charge on any atom is -0.395 e. The van der Waals surface area contributed by atoms with Crippen LogP contribution in [0.1, 0.15) is 6.42 Å². The first-order valence-electron chi connectivity index (χ1n) is 4.65. The fourth-order valence-electron chi connectivity index (χ4n) is 0.936. The first-order valence-corrected chi connectivity index (χ1v) is 6.47. The Hall–Kier alpha value is -0.660. The molecule has 0 saturated heterocycles. The largest absolute Gasteiger partial charge is 0.395 e. The summed E-state index contributed by atoms with van der Waals surface area (Å²) in [6.45, 7) is 0.783. The number of sulfone groups is 1. The van der Waals surface area contributed by atoms with E-state index in [9.17, 15) is 13.2 Å². The molecule has 0 aromatic carbocycles. The number of amides is 1. The molecule has 0 bridgehead atoms. The van der Waals surface area contributed by atoms with Gasteiger partial charge in [0, 0.05) is 19.5 Å². The average Bonchev–Trinajstić information content (AvgIpc) is 2.13. The normalized spacial score (nSPS) is 11.9. The second kappa shape index (κ2) is 6.76. The van der Waals surface area contributed by atoms with Crippen molar-refractivity contribution in [2.75, 3.05) is 38.2 Å². The highest BCUT2D eigenvalue weighted by Gasteiger charge is 2.13. The molecular formula is C8H18N2O4S. The van der Waals surface area contributed by atoms with Crippen LogP contribution in [0.4, 0.5) is 0 Å². The lowest BCUT2D eigenvalue weighted by Crippen LogP contribution is -2.29. The van der Waals surface area contributed by atoms with Crippen molar-refractivity contribution in [3.63, 3.8) is 0 Å². The van der Waals surface area contributed by atoms with Gasteiger partial charge >= 0.3 is 0 Å². The highest BCUT2D eigenvalue weighted by molar-refractivity contribution is 7.91. The van der Waals surface area contributed by atoms with Gasteiger partial charge in [0.15, 0.2) is 9.84 Å². The minimum atomic E-state index is -3.21. The van der Waals surface area contributed by atoms with E-state index in [1.165, 1.54) is 0 Å². The quantitative estimate of drug-likeness (QED) is 0.519. The zero-order valence-electron chi connectivity index (χ0n) is 8.85. The Morgan fingerprint density at radius 2 is 1.93 bits per heavy atom. The maximum atomic E-state index is 11.3. The monoisotopic (exact) mass is 238 g/mol. The van der Waals surface area contributed by atoms with Crippen LogP contribution in [0.5, 0.6) is 0 Å². The number of nitrogens with two attached hydrogens (primary N) is 1. The summed E-state index contributed by atoms with van der Waals surface area (Å²) >= 11 is 0. The molecule has 0 atom stereocenters. The molecular weight excluding hydrogens is 220 g/mol. The number of carbonyl (C=O) groups is 1. The van der Waals surface area contributed by atoms with E-state index < -0.39 is 15.7 Å². The SMILES string of the molecule is CN(CCO)CCS(=O)(=O)CCC(N)=O. The Balaban J connectivity index is 3.88. The molecule has 7 heteroatoms. The van der Waals surface area contributed by atoms with Gasteiger partial charge in [-0.05, 0) is 7.05 Å². The van der Waals surface area contributed by atoms with Crippen LogP contribution < -0.4 is 5.73 Å². The molecule has 0 rings (SSSR count). The molecule has 0 aromatic heterocycles. The Labute approximate surface area is 90.0 Å². The topological polar surface area (TPSA) is 101 Å². The number of aliphatic hydroxyl groups is 1. The maximum Gasteiger partial charge on any atom is 0.218 e. The van der Waals surface area contributed by atoms with Gasteiger partial charge in [0.2, 0.25) is 5.91 Å². The summed E-state index contributed by atoms with van der Waals surface area (Å²) in [6, 6.07) is 0. The van der Waals surface area contributed by atoms with Crippen LogP contribution in [-0.2, 0) is 14.6 Å². The van der Waals surface area contributed by atoms with Crippen LogP contribution in [0.2, 0.25) is 0 Å². The fraction of sp³-hybridized carbons (Fsp3) is 0.875. The number of hydrogen-bond donors (Lipinski definition) is 2. The van der Waals surface area contributed by atoms with Crippen LogP contribution in [-0.4, -0.2) is 62.6 Å². The van der Waals surface area contributed by atoms with Gasteiger partial charge in [0.05, 0.1) is 18.1 Å². The van der Waals surface area contributed by atoms with Crippen LogP contribution >= 0.6 is 0 Å². The van der Waals surface area contributed by atoms with Gasteiger partial charge in [0.25, 0.3) is 0 Å². The van der Waals surface area contributed by atoms with Crippen molar-refractivity contribution in [1.82, 2.24) is 4.90 Å². The lowest BCUT2D eigenvalue weighted by molar-refractivity contribution is -0.117. The van der Waals surface area contributed by atoms with Crippen LogP contribution in [0, 0.1) is 0 Å². The molecule has 90 valence electrons. The smallest absolute Gasteiger partial charge is 0.218 e. The van der Waals surface area contributed by atoms with Gasteiger partial charge < -0.3 is 15.7 Å². The van der Waals surface area contributed by atoms with Gasteiger partial charge in [0.1, 0.15) is 0 Å². The van der Waals surface area contributed by atoms with E-state index >= 15 is 0 Å². The first-order chi connectivity index (χ1) is 6.87. The molecule has 0 radical (unpaired) electrons. The summed E-state index contributed by atoms with van der Waals surface area (Å²) in [4.78, 5) is 12.1. The predicted molar refractivity (Wildman–Crippen MR) is 57.0 cm³/mol. The molecule has 0 heterocycles. The summed E-state index contributed by atoms with van der Waals surface area (Å²) in [5.41, 5.74) is 4.86. The molecule has 0 unspecified atom stereocenters. The van der Waals surface area contributed by atoms with E-state index in [2.05, 4.69) is 0 Å². The number of likely N-dealkylation sites (N-methyl/N-ethyl adjacent to an activating group) is 1. The van der Waals surface area contributed by atoms with Crippen molar-refractivity contribution >= 4 is 15.7 Å². The second-order valence-electron chi connectivity index (χ2n) is 3.40. The highest BCUT2D eigenvalue weighted by atomic mass is 32.2. The maximum absolute atomic E-state index is 11.3. The van der Waals surface area contributed by atoms with E-state index in [-0.39, 0.29) is 24.5 Å². The molecule has 1 amide bonds. The molecule has 0 aliphatic heterocycles. The summed E-state index contributed by atoms with van der Waals surface area (Å²) in [6.07, 6.45) is -0.133. The van der Waals surface area contributed by atoms with E-state index in [4.69, 9.17) is 10.8 Å². The van der Waals surface area contributed by atoms with Gasteiger partial charge in [-0.3, -0.25) is 4.79 Å². The molecule has 0 aromatic rings. The number of nitrogens with zero attached hydrogens (tertiary/aromatic N) is 1. The van der Waals surface area contributed by atoms with Crippen molar-refractivity contribution in [2.45, 2.75) is 6.42 Å². The molecule has 0 fully saturated rings. The number of aliphatic hydroxyl groups excluding tert-OH is 1. The van der Waals surface area contributed by atoms with Gasteiger partial charge in [-0.1, -0.05) is 0 Å². The number of hydrogen-bond acceptors (Lipinski definition) is 5. The number of carbonyl (C=O) groups excluding carboxylic acids is 1. The van der Waals surface area contributed by atoms with Gasteiger partial charge in [-0.25, -0.2) is 8.42 Å². The van der Waals surface area contributed by atoms with Crippen LogP contribution in [0.25, 0.3) is 0 Å². The first kappa shape index (κ1) is 14.3. The van der Waals surface area contributed by atoms with Crippen molar-refractivity contribution in [3.05, 3.63) is 0 Å². The van der Waals surface area contributed by atoms with E-state index in [0.717, 1.165) is 0 Å². The second-order valence-corrected chi connectivity index (χ2v) is 5.70. The van der Waals surface area contributed by atoms with Crippen molar-refractivity contribution in [3.8, 4) is 0 Å². The van der Waals surface area contributed by atoms with Crippen molar-refractivity contribution in [2.24, 2.45) is 5.73 Å². The molecule has 0 saturated carbocycles. The third-order valence-corrected chi connectivity index (χ3v) is 3.56. The van der Waals surface area contributed by atoms with Crippen molar-refractivity contribution < 1.29 is 18.3 Å². The van der Waals surface area contributed by atoms with Crippen LogP contribution in [0.15, 0.2) is 0 Å². The van der Waals surface area contributed by atoms with Crippen LogP contribution in [0.3, 0.4) is 0 Å². The Kier molecular flexibility index (Phi) is 6.46. The highest BCUT2D eigenvalue weighted by Crippen LogP contribution is 1.95. The molecule has 15 heavy (non-hydrogen) atoms. The third kappa shape index (κ3) is 8.34.